The average Bonchev–Trinajstić information content (AvgIpc) is 3.01. The average molecular weight is 399 g/mol. The number of carbonyl (C=O) groups is 1. The van der Waals surface area contributed by atoms with Crippen molar-refractivity contribution >= 4 is 33.2 Å². The molecule has 4 N–H and O–H groups in total. The maximum absolute atomic E-state index is 13.3. The van der Waals surface area contributed by atoms with Crippen LogP contribution in [0.5, 0.6) is 0 Å². The Bertz CT molecular complexity index is 748. The molecule has 0 radical (unpaired) electrons. The third kappa shape index (κ3) is 4.70. The Morgan fingerprint density at radius 3 is 2.96 bits per heavy atom. The monoisotopic (exact) mass is 398 g/mol. The number of rotatable bonds is 7. The highest BCUT2D eigenvalue weighted by Gasteiger charge is 2.17. The Morgan fingerprint density at radius 2 is 2.29 bits per heavy atom. The summed E-state index contributed by atoms with van der Waals surface area (Å²) in [5.74, 6) is -0.433. The minimum absolute atomic E-state index is 0.0383. The van der Waals surface area contributed by atoms with E-state index < -0.39 is 5.82 Å². The van der Waals surface area contributed by atoms with Crippen LogP contribution in [-0.4, -0.2) is 28.5 Å². The van der Waals surface area contributed by atoms with Gasteiger partial charge in [-0.1, -0.05) is 5.16 Å². The van der Waals surface area contributed by atoms with E-state index in [1.165, 1.54) is 24.5 Å². The summed E-state index contributed by atoms with van der Waals surface area (Å²) >= 11 is 3.06. The second-order valence-electron chi connectivity index (χ2n) is 4.95. The summed E-state index contributed by atoms with van der Waals surface area (Å²) in [4.78, 5) is 16.0. The second kappa shape index (κ2) is 8.67. The first-order valence-electron chi connectivity index (χ1n) is 7.14. The molecule has 0 saturated carbocycles. The number of aliphatic imine (C=N–C) groups is 1. The molecule has 0 aliphatic rings. The summed E-state index contributed by atoms with van der Waals surface area (Å²) < 4.78 is 18.4. The van der Waals surface area contributed by atoms with E-state index in [1.807, 2.05) is 5.48 Å². The van der Waals surface area contributed by atoms with Crippen molar-refractivity contribution in [3.05, 3.63) is 46.0 Å². The highest BCUT2D eigenvalue weighted by molar-refractivity contribution is 9.10. The highest BCUT2D eigenvalue weighted by Crippen LogP contribution is 2.23. The number of nitrogens with one attached hydrogen (secondary N) is 1. The van der Waals surface area contributed by atoms with Crippen LogP contribution < -0.4 is 11.2 Å². The Balaban J connectivity index is 2.24. The third-order valence-electron chi connectivity index (χ3n) is 3.17. The van der Waals surface area contributed by atoms with Gasteiger partial charge in [0.25, 0.3) is 0 Å². The van der Waals surface area contributed by atoms with E-state index in [-0.39, 0.29) is 22.5 Å². The molecule has 0 aliphatic heterocycles. The number of nitrogens with zero attached hydrogens (tertiary/aromatic N) is 2. The van der Waals surface area contributed by atoms with E-state index in [9.17, 15) is 14.4 Å². The Labute approximate surface area is 145 Å². The maximum atomic E-state index is 13.3. The van der Waals surface area contributed by atoms with E-state index in [1.54, 1.807) is 0 Å². The lowest BCUT2D eigenvalue weighted by molar-refractivity contribution is -0.118. The molecule has 0 amide bonds. The van der Waals surface area contributed by atoms with Gasteiger partial charge in [-0.15, -0.1) is 0 Å². The van der Waals surface area contributed by atoms with Crippen LogP contribution in [-0.2, 0) is 11.2 Å². The molecule has 0 aliphatic carbocycles. The van der Waals surface area contributed by atoms with Crippen LogP contribution in [0.25, 0.3) is 0 Å². The molecule has 128 valence electrons. The molecule has 2 aromatic rings. The fourth-order valence-electron chi connectivity index (χ4n) is 1.98. The van der Waals surface area contributed by atoms with Crippen molar-refractivity contribution in [2.45, 2.75) is 19.3 Å². The van der Waals surface area contributed by atoms with E-state index in [2.05, 4.69) is 26.1 Å². The fourth-order valence-corrected chi connectivity index (χ4v) is 2.35. The van der Waals surface area contributed by atoms with Crippen molar-refractivity contribution in [1.29, 1.82) is 0 Å². The molecule has 1 heterocycles. The predicted octanol–water partition coefficient (Wildman–Crippen LogP) is 2.48. The van der Waals surface area contributed by atoms with Crippen molar-refractivity contribution in [2.24, 2.45) is 10.7 Å². The standard InChI is InChI=1S/C15H16BrFN4O3/c16-12-6-9(3-4-13(12)17)19-15(20-23)11-8-24-21-14(11)7-10(22)2-1-5-18/h3-4,6,8,23H,1-2,5,7,18H2,(H,19,20). The number of hydrogen-bond acceptors (Lipinski definition) is 6. The fraction of sp³-hybridized carbons (Fsp3) is 0.267. The summed E-state index contributed by atoms with van der Waals surface area (Å²) in [7, 11) is 0. The van der Waals surface area contributed by atoms with Crippen molar-refractivity contribution in [1.82, 2.24) is 10.6 Å². The van der Waals surface area contributed by atoms with Gasteiger partial charge in [-0.25, -0.2) is 9.38 Å². The van der Waals surface area contributed by atoms with Gasteiger partial charge >= 0.3 is 0 Å². The molecule has 2 rings (SSSR count). The Hall–Kier alpha value is -2.10. The van der Waals surface area contributed by atoms with E-state index >= 15 is 0 Å². The van der Waals surface area contributed by atoms with Gasteiger partial charge < -0.3 is 10.3 Å². The molecule has 1 aromatic heterocycles. The number of benzene rings is 1. The van der Waals surface area contributed by atoms with E-state index in [4.69, 9.17) is 10.3 Å². The number of carbonyl (C=O) groups excluding carboxylic acids is 1. The van der Waals surface area contributed by atoms with Gasteiger partial charge in [0.15, 0.2) is 5.84 Å². The number of amidine groups is 1. The Morgan fingerprint density at radius 1 is 1.50 bits per heavy atom. The first-order valence-corrected chi connectivity index (χ1v) is 7.93. The van der Waals surface area contributed by atoms with Crippen LogP contribution in [0.3, 0.4) is 0 Å². The quantitative estimate of drug-likeness (QED) is 0.375. The lowest BCUT2D eigenvalue weighted by atomic mass is 10.1. The third-order valence-corrected chi connectivity index (χ3v) is 3.78. The highest BCUT2D eigenvalue weighted by atomic mass is 79.9. The van der Waals surface area contributed by atoms with E-state index in [0.29, 0.717) is 36.3 Å². The minimum atomic E-state index is -0.427. The van der Waals surface area contributed by atoms with Crippen molar-refractivity contribution in [2.75, 3.05) is 6.54 Å². The molecule has 0 bridgehead atoms. The van der Waals surface area contributed by atoms with Gasteiger partial charge in [-0.05, 0) is 47.1 Å². The number of nitrogens with two attached hydrogens (primary N) is 1. The predicted molar refractivity (Wildman–Crippen MR) is 88.7 cm³/mol. The first kappa shape index (κ1) is 18.2. The smallest absolute Gasteiger partial charge is 0.162 e. The molecule has 0 saturated heterocycles. The van der Waals surface area contributed by atoms with Crippen LogP contribution in [0.4, 0.5) is 10.1 Å². The normalized spacial score (nSPS) is 11.6. The zero-order chi connectivity index (χ0) is 17.5. The van der Waals surface area contributed by atoms with Crippen LogP contribution in [0.15, 0.2) is 38.5 Å². The second-order valence-corrected chi connectivity index (χ2v) is 5.81. The lowest BCUT2D eigenvalue weighted by Crippen LogP contribution is -2.21. The number of hydrogen-bond donors (Lipinski definition) is 3. The molecule has 24 heavy (non-hydrogen) atoms. The van der Waals surface area contributed by atoms with Gasteiger partial charge in [0.05, 0.1) is 22.1 Å². The van der Waals surface area contributed by atoms with Crippen LogP contribution >= 0.6 is 15.9 Å². The molecule has 1 aromatic carbocycles. The maximum Gasteiger partial charge on any atom is 0.162 e. The van der Waals surface area contributed by atoms with Crippen molar-refractivity contribution < 1.29 is 18.9 Å². The van der Waals surface area contributed by atoms with Gasteiger partial charge in [-0.3, -0.25) is 15.5 Å². The van der Waals surface area contributed by atoms with Crippen molar-refractivity contribution in [3.8, 4) is 0 Å². The molecule has 9 heteroatoms. The molecular weight excluding hydrogens is 383 g/mol. The number of ketones is 1. The SMILES string of the molecule is NCCCC(=O)Cc1nocc1C(=Nc1ccc(F)c(Br)c1)NO. The minimum Gasteiger partial charge on any atom is -0.364 e. The van der Waals surface area contributed by atoms with Crippen molar-refractivity contribution in [3.63, 3.8) is 0 Å². The number of aromatic nitrogens is 1. The molecule has 0 atom stereocenters. The van der Waals surface area contributed by atoms with Gasteiger partial charge in [-0.2, -0.15) is 0 Å². The number of hydroxylamine groups is 1. The van der Waals surface area contributed by atoms with Gasteiger partial charge in [0.1, 0.15) is 23.6 Å². The van der Waals surface area contributed by atoms with Crippen LogP contribution in [0.2, 0.25) is 0 Å². The first-order chi connectivity index (χ1) is 11.5. The number of halogens is 2. The Kier molecular flexibility index (Phi) is 6.59. The molecule has 7 nitrogen and oxygen atoms in total. The molecular formula is C15H16BrFN4O3. The topological polar surface area (TPSA) is 114 Å². The van der Waals surface area contributed by atoms with E-state index in [0.717, 1.165) is 0 Å². The van der Waals surface area contributed by atoms with Crippen LogP contribution in [0, 0.1) is 5.82 Å². The van der Waals surface area contributed by atoms with Gasteiger partial charge in [0.2, 0.25) is 0 Å². The largest absolute Gasteiger partial charge is 0.364 e. The molecule has 0 fully saturated rings. The number of Topliss-reactive ketones (excluding diaryl/α,β-unsaturated/α-hetero) is 1. The molecule has 0 unspecified atom stereocenters. The van der Waals surface area contributed by atoms with Crippen LogP contribution in [0.1, 0.15) is 24.1 Å². The summed E-state index contributed by atoms with van der Waals surface area (Å²) in [6.45, 7) is 0.432. The summed E-state index contributed by atoms with van der Waals surface area (Å²) in [5, 5.41) is 13.1. The molecule has 0 spiro atoms. The zero-order valence-corrected chi connectivity index (χ0v) is 14.2. The zero-order valence-electron chi connectivity index (χ0n) is 12.6. The summed E-state index contributed by atoms with van der Waals surface area (Å²) in [6.07, 6.45) is 2.24. The lowest BCUT2D eigenvalue weighted by Gasteiger charge is -2.05. The van der Waals surface area contributed by atoms with Gasteiger partial charge in [0, 0.05) is 6.42 Å². The summed E-state index contributed by atoms with van der Waals surface area (Å²) in [5.41, 5.74) is 8.42. The summed E-state index contributed by atoms with van der Waals surface area (Å²) in [6, 6.07) is 4.13.